The Morgan fingerprint density at radius 3 is 2.13 bits per heavy atom. The Hall–Kier alpha value is -4.13. The average molecular weight is 534 g/mol. The number of carbonyl (C=O) groups is 3. The van der Waals surface area contributed by atoms with Gasteiger partial charge in [-0.15, -0.1) is 6.58 Å². The van der Waals surface area contributed by atoms with E-state index in [0.717, 1.165) is 17.6 Å². The first kappa shape index (κ1) is 32.9. The van der Waals surface area contributed by atoms with Crippen LogP contribution in [-0.4, -0.2) is 47.4 Å². The third-order valence-corrected chi connectivity index (χ3v) is 5.77. The summed E-state index contributed by atoms with van der Waals surface area (Å²) in [4.78, 5) is 37.1. The average Bonchev–Trinajstić information content (AvgIpc) is 2.92. The third kappa shape index (κ3) is 16.4. The number of nitrogens with two attached hydrogens (primary N) is 1. The normalized spacial score (nSPS) is 10.5. The highest BCUT2D eigenvalue weighted by Gasteiger charge is 2.17. The molecular formula is C32H43N3O4. The minimum atomic E-state index is -0.986. The SMILES string of the molecule is C=CC/C(N)=C/C(=C)CCCC(=O)N(CCc1ccccc1)CC(=O)NCCC(=O)O.CCc1ccccc1. The first-order valence-electron chi connectivity index (χ1n) is 13.3. The van der Waals surface area contributed by atoms with Gasteiger partial charge in [0.2, 0.25) is 11.8 Å². The molecule has 2 rings (SSSR count). The molecule has 0 radical (unpaired) electrons. The van der Waals surface area contributed by atoms with Crippen molar-refractivity contribution in [3.05, 3.63) is 108 Å². The Kier molecular flexibility index (Phi) is 16.8. The van der Waals surface area contributed by atoms with Crippen LogP contribution in [0, 0.1) is 0 Å². The van der Waals surface area contributed by atoms with E-state index in [4.69, 9.17) is 10.8 Å². The highest BCUT2D eigenvalue weighted by molar-refractivity contribution is 5.85. The van der Waals surface area contributed by atoms with Gasteiger partial charge in [-0.05, 0) is 42.9 Å². The van der Waals surface area contributed by atoms with Gasteiger partial charge in [-0.25, -0.2) is 0 Å². The molecule has 0 unspecified atom stereocenters. The number of amides is 2. The van der Waals surface area contributed by atoms with Crippen LogP contribution in [0.3, 0.4) is 0 Å². The van der Waals surface area contributed by atoms with E-state index in [1.54, 1.807) is 12.2 Å². The molecule has 0 bridgehead atoms. The Morgan fingerprint density at radius 2 is 1.59 bits per heavy atom. The van der Waals surface area contributed by atoms with Crippen LogP contribution in [-0.2, 0) is 27.2 Å². The van der Waals surface area contributed by atoms with Crippen LogP contribution in [0.2, 0.25) is 0 Å². The minimum absolute atomic E-state index is 0.0349. The van der Waals surface area contributed by atoms with Crippen LogP contribution in [0.1, 0.15) is 50.2 Å². The number of aliphatic carboxylic acids is 1. The number of aryl methyl sites for hydroxylation is 1. The fourth-order valence-corrected chi connectivity index (χ4v) is 3.64. The number of hydrogen-bond acceptors (Lipinski definition) is 4. The predicted molar refractivity (Wildman–Crippen MR) is 158 cm³/mol. The van der Waals surface area contributed by atoms with Crippen molar-refractivity contribution < 1.29 is 19.5 Å². The monoisotopic (exact) mass is 533 g/mol. The predicted octanol–water partition coefficient (Wildman–Crippen LogP) is 5.04. The lowest BCUT2D eigenvalue weighted by Crippen LogP contribution is -2.42. The van der Waals surface area contributed by atoms with Gasteiger partial charge in [0.1, 0.15) is 0 Å². The van der Waals surface area contributed by atoms with Gasteiger partial charge >= 0.3 is 5.97 Å². The van der Waals surface area contributed by atoms with Gasteiger partial charge in [-0.2, -0.15) is 0 Å². The molecule has 0 aliphatic heterocycles. The lowest BCUT2D eigenvalue weighted by molar-refractivity contribution is -0.138. The fraction of sp³-hybridized carbons (Fsp3) is 0.344. The molecular weight excluding hydrogens is 490 g/mol. The van der Waals surface area contributed by atoms with E-state index in [2.05, 4.69) is 49.7 Å². The zero-order valence-corrected chi connectivity index (χ0v) is 23.1. The number of nitrogens with one attached hydrogen (secondary N) is 1. The number of allylic oxidation sites excluding steroid dienone is 3. The van der Waals surface area contributed by atoms with Crippen molar-refractivity contribution in [2.75, 3.05) is 19.6 Å². The lowest BCUT2D eigenvalue weighted by Gasteiger charge is -2.22. The van der Waals surface area contributed by atoms with Gasteiger partial charge in [0.25, 0.3) is 0 Å². The Labute approximate surface area is 233 Å². The van der Waals surface area contributed by atoms with E-state index in [-0.39, 0.29) is 37.7 Å². The summed E-state index contributed by atoms with van der Waals surface area (Å²) in [6.45, 7) is 10.1. The van der Waals surface area contributed by atoms with E-state index < -0.39 is 5.97 Å². The van der Waals surface area contributed by atoms with Gasteiger partial charge in [-0.3, -0.25) is 14.4 Å². The Morgan fingerprint density at radius 1 is 0.974 bits per heavy atom. The second kappa shape index (κ2) is 19.9. The van der Waals surface area contributed by atoms with Gasteiger partial charge in [0.05, 0.1) is 13.0 Å². The zero-order valence-electron chi connectivity index (χ0n) is 23.1. The van der Waals surface area contributed by atoms with Gasteiger partial charge in [-0.1, -0.05) is 85.8 Å². The molecule has 0 aliphatic rings. The minimum Gasteiger partial charge on any atom is -0.481 e. The summed E-state index contributed by atoms with van der Waals surface area (Å²) in [5, 5.41) is 11.2. The Balaban J connectivity index is 0.000000806. The standard InChI is InChI=1S/C24H33N3O4.C8H10/c1-3-8-21(25)17-19(2)9-7-12-23(29)27(16-14-20-10-5-4-6-11-20)18-22(28)26-15-13-24(30)31;1-2-8-6-4-3-5-7-8/h3-6,10-11,17H,1-2,7-9,12-16,18,25H2,(H,26,28)(H,30,31);3-7H,2H2,1H3/b21-17-;. The number of carbonyl (C=O) groups excluding carboxylic acids is 2. The van der Waals surface area contributed by atoms with Crippen molar-refractivity contribution in [2.45, 2.75) is 51.9 Å². The van der Waals surface area contributed by atoms with Crippen molar-refractivity contribution in [1.29, 1.82) is 0 Å². The number of carboxylic acids is 1. The van der Waals surface area contributed by atoms with Crippen LogP contribution in [0.5, 0.6) is 0 Å². The third-order valence-electron chi connectivity index (χ3n) is 5.77. The molecule has 0 atom stereocenters. The van der Waals surface area contributed by atoms with Gasteiger partial charge in [0, 0.05) is 31.6 Å². The molecule has 0 fully saturated rings. The fourth-order valence-electron chi connectivity index (χ4n) is 3.64. The van der Waals surface area contributed by atoms with Crippen molar-refractivity contribution in [2.24, 2.45) is 5.73 Å². The first-order valence-corrected chi connectivity index (χ1v) is 13.3. The van der Waals surface area contributed by atoms with Crippen LogP contribution in [0.25, 0.3) is 0 Å². The number of rotatable bonds is 16. The molecule has 2 amide bonds. The van der Waals surface area contributed by atoms with Crippen LogP contribution in [0.4, 0.5) is 0 Å². The van der Waals surface area contributed by atoms with Crippen molar-refractivity contribution in [1.82, 2.24) is 10.2 Å². The highest BCUT2D eigenvalue weighted by Crippen LogP contribution is 2.11. The van der Waals surface area contributed by atoms with Gasteiger partial charge in [0.15, 0.2) is 0 Å². The number of nitrogens with zero attached hydrogens (tertiary/aromatic N) is 1. The van der Waals surface area contributed by atoms with Crippen LogP contribution >= 0.6 is 0 Å². The molecule has 39 heavy (non-hydrogen) atoms. The number of carboxylic acid groups (broad SMARTS) is 1. The molecule has 2 aromatic rings. The topological polar surface area (TPSA) is 113 Å². The molecule has 2 aromatic carbocycles. The van der Waals surface area contributed by atoms with Crippen molar-refractivity contribution >= 4 is 17.8 Å². The van der Waals surface area contributed by atoms with E-state index in [1.807, 2.05) is 36.4 Å². The zero-order chi connectivity index (χ0) is 28.9. The quantitative estimate of drug-likeness (QED) is 0.207. The molecule has 7 nitrogen and oxygen atoms in total. The lowest BCUT2D eigenvalue weighted by atomic mass is 10.1. The largest absolute Gasteiger partial charge is 0.481 e. The molecule has 7 heteroatoms. The summed E-state index contributed by atoms with van der Waals surface area (Å²) in [5.74, 6) is -1.48. The highest BCUT2D eigenvalue weighted by atomic mass is 16.4. The molecule has 0 heterocycles. The molecule has 0 spiro atoms. The van der Waals surface area contributed by atoms with E-state index in [0.29, 0.717) is 37.9 Å². The molecule has 0 aromatic heterocycles. The summed E-state index contributed by atoms with van der Waals surface area (Å²) in [6, 6.07) is 20.2. The molecule has 0 aliphatic carbocycles. The summed E-state index contributed by atoms with van der Waals surface area (Å²) < 4.78 is 0. The maximum atomic E-state index is 12.8. The summed E-state index contributed by atoms with van der Waals surface area (Å²) in [7, 11) is 0. The smallest absolute Gasteiger partial charge is 0.305 e. The maximum Gasteiger partial charge on any atom is 0.305 e. The van der Waals surface area contributed by atoms with Crippen molar-refractivity contribution in [3.8, 4) is 0 Å². The molecule has 0 saturated carbocycles. The molecule has 4 N–H and O–H groups in total. The molecule has 0 saturated heterocycles. The van der Waals surface area contributed by atoms with E-state index in [9.17, 15) is 14.4 Å². The first-order chi connectivity index (χ1) is 18.7. The molecule has 210 valence electrons. The van der Waals surface area contributed by atoms with Crippen LogP contribution < -0.4 is 11.1 Å². The second-order valence-electron chi connectivity index (χ2n) is 9.11. The van der Waals surface area contributed by atoms with Gasteiger partial charge < -0.3 is 21.1 Å². The Bertz CT molecular complexity index is 1070. The second-order valence-corrected chi connectivity index (χ2v) is 9.11. The number of benzene rings is 2. The van der Waals surface area contributed by atoms with Crippen molar-refractivity contribution in [3.63, 3.8) is 0 Å². The summed E-state index contributed by atoms with van der Waals surface area (Å²) >= 11 is 0. The van der Waals surface area contributed by atoms with E-state index >= 15 is 0 Å². The number of hydrogen-bond donors (Lipinski definition) is 3. The summed E-state index contributed by atoms with van der Waals surface area (Å²) in [5.41, 5.74) is 9.84. The summed E-state index contributed by atoms with van der Waals surface area (Å²) in [6.07, 6.45) is 7.22. The van der Waals surface area contributed by atoms with Crippen LogP contribution in [0.15, 0.2) is 97.2 Å². The van der Waals surface area contributed by atoms with E-state index in [1.165, 1.54) is 10.5 Å². The maximum absolute atomic E-state index is 12.8.